The lowest BCUT2D eigenvalue weighted by Crippen LogP contribution is -2.49. The Kier molecular flexibility index (Phi) is 7.58. The number of nitrogens with zero attached hydrogens (tertiary/aromatic N) is 2. The number of aliphatic hydroxyl groups is 1. The summed E-state index contributed by atoms with van der Waals surface area (Å²) in [6, 6.07) is 19.8. The summed E-state index contributed by atoms with van der Waals surface area (Å²) in [6.07, 6.45) is 0.253. The van der Waals surface area contributed by atoms with Gasteiger partial charge in [-0.2, -0.15) is 5.26 Å². The Morgan fingerprint density at radius 3 is 2.28 bits per heavy atom. The van der Waals surface area contributed by atoms with Crippen molar-refractivity contribution in [2.75, 3.05) is 20.6 Å². The second-order valence-corrected chi connectivity index (χ2v) is 6.07. The molecule has 1 unspecified atom stereocenters. The Labute approximate surface area is 149 Å². The fourth-order valence-electron chi connectivity index (χ4n) is 2.79. The molecule has 5 heteroatoms. The van der Waals surface area contributed by atoms with Crippen molar-refractivity contribution in [2.24, 2.45) is 0 Å². The van der Waals surface area contributed by atoms with Gasteiger partial charge in [0.2, 0.25) is 0 Å². The molecule has 2 atom stereocenters. The number of aliphatic hydroxyl groups excluding tert-OH is 1. The largest absolute Gasteiger partial charge is 0.390 e. The molecule has 0 fully saturated rings. The van der Waals surface area contributed by atoms with Crippen molar-refractivity contribution in [2.45, 2.75) is 25.1 Å². The van der Waals surface area contributed by atoms with Crippen LogP contribution in [0.1, 0.15) is 16.7 Å². The van der Waals surface area contributed by atoms with Crippen LogP contribution in [0.15, 0.2) is 54.6 Å². The van der Waals surface area contributed by atoms with Gasteiger partial charge in [0.05, 0.1) is 17.7 Å². The maximum Gasteiger partial charge on any atom is 0.0991 e. The monoisotopic (exact) mass is 338 g/mol. The average Bonchev–Trinajstić information content (AvgIpc) is 2.66. The zero-order chi connectivity index (χ0) is 18.1. The predicted octanol–water partition coefficient (Wildman–Crippen LogP) is 1.69. The molecule has 0 saturated carbocycles. The van der Waals surface area contributed by atoms with Crippen LogP contribution in [-0.4, -0.2) is 42.9 Å². The van der Waals surface area contributed by atoms with Crippen LogP contribution in [0, 0.1) is 11.3 Å². The highest BCUT2D eigenvalue weighted by molar-refractivity contribution is 5.31. The second-order valence-electron chi connectivity index (χ2n) is 6.07. The van der Waals surface area contributed by atoms with Crippen molar-refractivity contribution in [3.05, 3.63) is 71.3 Å². The molecule has 5 nitrogen and oxygen atoms in total. The first-order chi connectivity index (χ1) is 12.2. The zero-order valence-corrected chi connectivity index (χ0v) is 14.8. The molecule has 2 aromatic rings. The van der Waals surface area contributed by atoms with E-state index in [1.165, 1.54) is 5.56 Å². The topological polar surface area (TPSA) is 71.3 Å². The summed E-state index contributed by atoms with van der Waals surface area (Å²) in [6.45, 7) is 1.15. The molecule has 0 aromatic heterocycles. The lowest BCUT2D eigenvalue weighted by Gasteiger charge is -2.29. The van der Waals surface area contributed by atoms with Gasteiger partial charge in [-0.1, -0.05) is 42.5 Å². The van der Waals surface area contributed by atoms with Crippen molar-refractivity contribution >= 4 is 0 Å². The van der Waals surface area contributed by atoms with Gasteiger partial charge in [0.15, 0.2) is 0 Å². The van der Waals surface area contributed by atoms with Crippen LogP contribution in [0.2, 0.25) is 0 Å². The smallest absolute Gasteiger partial charge is 0.0991 e. The van der Waals surface area contributed by atoms with E-state index < -0.39 is 6.10 Å². The first-order valence-corrected chi connectivity index (χ1v) is 8.47. The van der Waals surface area contributed by atoms with Gasteiger partial charge in [-0.05, 0) is 43.8 Å². The minimum Gasteiger partial charge on any atom is -0.390 e. The first-order valence-electron chi connectivity index (χ1n) is 8.47. The second kappa shape index (κ2) is 9.92. The molecule has 132 valence electrons. The molecule has 2 rings (SSSR count). The van der Waals surface area contributed by atoms with Crippen LogP contribution in [0.4, 0.5) is 0 Å². The Morgan fingerprint density at radius 1 is 1.04 bits per heavy atom. The quantitative estimate of drug-likeness (QED) is 0.607. The van der Waals surface area contributed by atoms with E-state index in [0.717, 1.165) is 12.0 Å². The van der Waals surface area contributed by atoms with Gasteiger partial charge in [-0.15, -0.1) is 0 Å². The minimum atomic E-state index is -0.518. The van der Waals surface area contributed by atoms with Crippen molar-refractivity contribution in [3.63, 3.8) is 0 Å². The lowest BCUT2D eigenvalue weighted by molar-refractivity contribution is 0.0586. The molecule has 0 aliphatic rings. The van der Waals surface area contributed by atoms with E-state index in [1.807, 2.05) is 61.6 Å². The van der Waals surface area contributed by atoms with Gasteiger partial charge in [0.25, 0.3) is 0 Å². The number of nitriles is 1. The summed E-state index contributed by atoms with van der Waals surface area (Å²) in [4.78, 5) is 0. The van der Waals surface area contributed by atoms with Crippen molar-refractivity contribution in [1.82, 2.24) is 15.8 Å². The van der Waals surface area contributed by atoms with Gasteiger partial charge in [0, 0.05) is 19.1 Å². The number of nitrogens with one attached hydrogen (secondary N) is 2. The van der Waals surface area contributed by atoms with Gasteiger partial charge < -0.3 is 10.4 Å². The standard InChI is InChI=1S/C20H26N4O/c1-22-19(12-16-6-4-3-5-7-16)20(25)15-24(23-2)14-18-10-8-17(13-21)9-11-18/h3-11,19-20,22-23,25H,12,14-15H2,1-2H3/t19?,20-/m0/s1. The van der Waals surface area contributed by atoms with Crippen molar-refractivity contribution < 1.29 is 5.11 Å². The highest BCUT2D eigenvalue weighted by Gasteiger charge is 2.20. The molecule has 0 aliphatic heterocycles. The normalized spacial score (nSPS) is 13.4. The average molecular weight is 338 g/mol. The molecule has 0 bridgehead atoms. The van der Waals surface area contributed by atoms with Crippen LogP contribution in [0.3, 0.4) is 0 Å². The van der Waals surface area contributed by atoms with E-state index in [2.05, 4.69) is 28.9 Å². The molecular weight excluding hydrogens is 312 g/mol. The number of hydrazine groups is 1. The zero-order valence-electron chi connectivity index (χ0n) is 14.8. The van der Waals surface area contributed by atoms with Crippen LogP contribution < -0.4 is 10.7 Å². The van der Waals surface area contributed by atoms with E-state index in [-0.39, 0.29) is 6.04 Å². The third-order valence-corrected chi connectivity index (χ3v) is 4.31. The molecular formula is C20H26N4O. The molecule has 0 heterocycles. The molecule has 25 heavy (non-hydrogen) atoms. The summed E-state index contributed by atoms with van der Waals surface area (Å²) in [5.74, 6) is 0. The maximum absolute atomic E-state index is 10.6. The van der Waals surface area contributed by atoms with Crippen molar-refractivity contribution in [3.8, 4) is 6.07 Å². The molecule has 0 radical (unpaired) electrons. The van der Waals surface area contributed by atoms with Gasteiger partial charge in [0.1, 0.15) is 0 Å². The number of likely N-dealkylation sites (N-methyl/N-ethyl adjacent to an activating group) is 1. The van der Waals surface area contributed by atoms with Crippen LogP contribution in [-0.2, 0) is 13.0 Å². The molecule has 3 N–H and O–H groups in total. The summed E-state index contributed by atoms with van der Waals surface area (Å²) >= 11 is 0. The molecule has 2 aromatic carbocycles. The lowest BCUT2D eigenvalue weighted by atomic mass is 10.0. The third-order valence-electron chi connectivity index (χ3n) is 4.31. The highest BCUT2D eigenvalue weighted by atomic mass is 16.3. The molecule has 0 aliphatic carbocycles. The summed E-state index contributed by atoms with van der Waals surface area (Å²) in [5.41, 5.74) is 6.07. The fourth-order valence-corrected chi connectivity index (χ4v) is 2.79. The van der Waals surface area contributed by atoms with E-state index in [1.54, 1.807) is 0 Å². The fraction of sp³-hybridized carbons (Fsp3) is 0.350. The maximum atomic E-state index is 10.6. The van der Waals surface area contributed by atoms with E-state index >= 15 is 0 Å². The van der Waals surface area contributed by atoms with E-state index in [0.29, 0.717) is 18.7 Å². The summed E-state index contributed by atoms with van der Waals surface area (Å²) in [7, 11) is 3.73. The van der Waals surface area contributed by atoms with Gasteiger partial charge in [-0.3, -0.25) is 5.43 Å². The van der Waals surface area contributed by atoms with Gasteiger partial charge >= 0.3 is 0 Å². The Morgan fingerprint density at radius 2 is 1.72 bits per heavy atom. The third kappa shape index (κ3) is 5.96. The number of benzene rings is 2. The first kappa shape index (κ1) is 19.1. The highest BCUT2D eigenvalue weighted by Crippen LogP contribution is 2.10. The van der Waals surface area contributed by atoms with Crippen LogP contribution in [0.5, 0.6) is 0 Å². The van der Waals surface area contributed by atoms with E-state index in [4.69, 9.17) is 5.26 Å². The molecule has 0 spiro atoms. The van der Waals surface area contributed by atoms with Gasteiger partial charge in [-0.25, -0.2) is 5.01 Å². The number of hydrogen-bond donors (Lipinski definition) is 3. The van der Waals surface area contributed by atoms with Crippen molar-refractivity contribution in [1.29, 1.82) is 5.26 Å². The minimum absolute atomic E-state index is 0.0285. The van der Waals surface area contributed by atoms with Crippen LogP contribution in [0.25, 0.3) is 0 Å². The number of hydrogen-bond acceptors (Lipinski definition) is 5. The Bertz CT molecular complexity index is 666. The van der Waals surface area contributed by atoms with E-state index in [9.17, 15) is 5.11 Å². The summed E-state index contributed by atoms with van der Waals surface area (Å²) in [5, 5.41) is 24.7. The number of rotatable bonds is 9. The Balaban J connectivity index is 1.94. The Hall–Kier alpha value is -2.23. The van der Waals surface area contributed by atoms with Crippen LogP contribution >= 0.6 is 0 Å². The summed E-state index contributed by atoms with van der Waals surface area (Å²) < 4.78 is 0. The predicted molar refractivity (Wildman–Crippen MR) is 99.6 cm³/mol. The molecule has 0 saturated heterocycles. The molecule has 0 amide bonds. The SMILES string of the molecule is CNC(Cc1ccccc1)[C@@H](O)CN(Cc1ccc(C#N)cc1)NC.